The van der Waals surface area contributed by atoms with Crippen molar-refractivity contribution in [3.8, 4) is 32.8 Å². The van der Waals surface area contributed by atoms with E-state index < -0.39 is 31.9 Å². The SMILES string of the molecule is CCCCS(=O)(=O)c1sc2nc(-c3cccs3)cc(-c3ccc([SH]4C=CC=C4c4cc(-c5ccccc5)c5c(N)c([S+](C)[O-])sc5n4)cc3)c2c1N. The maximum absolute atomic E-state index is 13.4. The summed E-state index contributed by atoms with van der Waals surface area (Å²) in [5.74, 6) is 0.0586. The lowest BCUT2D eigenvalue weighted by atomic mass is 10.0. The molecule has 0 saturated carbocycles. The molecule has 1 aliphatic heterocycles. The molecule has 2 unspecified atom stereocenters. The van der Waals surface area contributed by atoms with Gasteiger partial charge in [0.15, 0.2) is 9.84 Å². The molecule has 2 atom stereocenters. The minimum atomic E-state index is -3.55. The number of thiol groups is 1. The lowest BCUT2D eigenvalue weighted by Crippen LogP contribution is -2.06. The van der Waals surface area contributed by atoms with Gasteiger partial charge in [0.25, 0.3) is 0 Å². The predicted octanol–water partition coefficient (Wildman–Crippen LogP) is 10.4. The van der Waals surface area contributed by atoms with Crippen molar-refractivity contribution in [2.24, 2.45) is 0 Å². The smallest absolute Gasteiger partial charge is 0.232 e. The quantitative estimate of drug-likeness (QED) is 0.0926. The Hall–Kier alpha value is -3.95. The number of aromatic nitrogens is 2. The van der Waals surface area contributed by atoms with Crippen LogP contribution in [0.4, 0.5) is 11.4 Å². The maximum atomic E-state index is 13.4. The van der Waals surface area contributed by atoms with Crippen LogP contribution in [-0.4, -0.2) is 34.9 Å². The molecule has 2 aromatic carbocycles. The number of sulfone groups is 1. The zero-order valence-electron chi connectivity index (χ0n) is 28.2. The highest BCUT2D eigenvalue weighted by Gasteiger charge is 2.27. The molecule has 0 saturated heterocycles. The fourth-order valence-electron chi connectivity index (χ4n) is 6.44. The first kappa shape index (κ1) is 35.1. The number of thiophene rings is 3. The molecular weight excluding hydrogens is 765 g/mol. The van der Waals surface area contributed by atoms with E-state index in [4.69, 9.17) is 21.4 Å². The Labute approximate surface area is 320 Å². The molecule has 7 nitrogen and oxygen atoms in total. The van der Waals surface area contributed by atoms with Crippen LogP contribution in [0.2, 0.25) is 0 Å². The molecule has 6 heterocycles. The number of nitrogen functional groups attached to an aromatic ring is 2. The standard InChI is InChI=1S/C39H34N4O3S6/c1-3-4-20-52(45,46)39-35(41)33-26(21-28(42-37(33)49-39)30-12-8-18-47-30)24-14-16-25(17-15-24)51-19-9-13-31(51)29-22-27(23-10-6-5-7-11-23)32-34(40)38(50(2)44)48-36(32)43-29/h5-19,21-22,51H,3-4,20,40-41H2,1-2H3. The van der Waals surface area contributed by atoms with Crippen LogP contribution in [0.25, 0.3) is 58.2 Å². The number of benzene rings is 2. The van der Waals surface area contributed by atoms with Crippen molar-refractivity contribution in [2.45, 2.75) is 33.1 Å². The lowest BCUT2D eigenvalue weighted by Gasteiger charge is -2.20. The van der Waals surface area contributed by atoms with Crippen molar-refractivity contribution >= 4 is 103 Å². The van der Waals surface area contributed by atoms with Gasteiger partial charge < -0.3 is 16.0 Å². The number of nitrogens with zero attached hydrogens (tertiary/aromatic N) is 2. The predicted molar refractivity (Wildman–Crippen MR) is 226 cm³/mol. The number of anilines is 2. The average Bonchev–Trinajstić information content (AvgIpc) is 3.98. The van der Waals surface area contributed by atoms with Gasteiger partial charge in [-0.2, -0.15) is 10.9 Å². The Morgan fingerprint density at radius 1 is 0.846 bits per heavy atom. The van der Waals surface area contributed by atoms with Gasteiger partial charge >= 0.3 is 0 Å². The third-order valence-corrected chi connectivity index (χ3v) is 18.2. The molecular formula is C39H34N4O3S6. The molecule has 7 aromatic rings. The van der Waals surface area contributed by atoms with Gasteiger partial charge in [0.1, 0.15) is 25.8 Å². The zero-order chi connectivity index (χ0) is 36.1. The van der Waals surface area contributed by atoms with Gasteiger partial charge in [-0.1, -0.05) is 79.3 Å². The van der Waals surface area contributed by atoms with Crippen molar-refractivity contribution in [3.63, 3.8) is 0 Å². The maximum Gasteiger partial charge on any atom is 0.232 e. The van der Waals surface area contributed by atoms with Gasteiger partial charge in [-0.3, -0.25) is 0 Å². The molecule has 5 aromatic heterocycles. The summed E-state index contributed by atoms with van der Waals surface area (Å²) in [5.41, 5.74) is 19.5. The first-order valence-electron chi connectivity index (χ1n) is 16.5. The van der Waals surface area contributed by atoms with Crippen LogP contribution >= 0.6 is 44.9 Å². The molecule has 8 rings (SSSR count). The number of hydrogen-bond donors (Lipinski definition) is 3. The van der Waals surface area contributed by atoms with Crippen LogP contribution in [0.5, 0.6) is 0 Å². The van der Waals surface area contributed by atoms with Crippen LogP contribution < -0.4 is 11.5 Å². The lowest BCUT2D eigenvalue weighted by molar-refractivity contribution is 0.595. The number of allylic oxidation sites excluding steroid dienone is 2. The minimum Gasteiger partial charge on any atom is -0.611 e. The van der Waals surface area contributed by atoms with Gasteiger partial charge in [0.05, 0.1) is 27.7 Å². The summed E-state index contributed by atoms with van der Waals surface area (Å²) in [5, 5.41) is 5.75. The molecule has 13 heteroatoms. The summed E-state index contributed by atoms with van der Waals surface area (Å²) >= 11 is 2.91. The fraction of sp³-hybridized carbons (Fsp3) is 0.128. The van der Waals surface area contributed by atoms with E-state index in [0.717, 1.165) is 76.3 Å². The summed E-state index contributed by atoms with van der Waals surface area (Å²) in [6, 6.07) is 26.7. The third kappa shape index (κ3) is 6.27. The number of unbranched alkanes of at least 4 members (excludes halogenated alkanes) is 1. The molecule has 0 amide bonds. The third-order valence-electron chi connectivity index (χ3n) is 8.97. The second-order valence-corrected chi connectivity index (χ2v) is 21.2. The number of nitrogens with two attached hydrogens (primary N) is 2. The Morgan fingerprint density at radius 2 is 1.52 bits per heavy atom. The van der Waals surface area contributed by atoms with E-state index in [1.807, 2.05) is 48.7 Å². The minimum absolute atomic E-state index is 0.0586. The first-order chi connectivity index (χ1) is 25.1. The fourth-order valence-corrected chi connectivity index (χ4v) is 14.2. The topological polar surface area (TPSA) is 135 Å². The van der Waals surface area contributed by atoms with Crippen LogP contribution in [0, 0.1) is 0 Å². The summed E-state index contributed by atoms with van der Waals surface area (Å²) in [6.07, 6.45) is 7.22. The summed E-state index contributed by atoms with van der Waals surface area (Å²) in [7, 11) is -4.44. The van der Waals surface area contributed by atoms with Gasteiger partial charge in [-0.25, -0.2) is 18.4 Å². The Kier molecular flexibility index (Phi) is 9.53. The van der Waals surface area contributed by atoms with E-state index in [2.05, 4.69) is 60.0 Å². The number of fused-ring (bicyclic) bond motifs is 2. The molecule has 0 aliphatic carbocycles. The molecule has 264 valence electrons. The van der Waals surface area contributed by atoms with Crippen LogP contribution in [0.1, 0.15) is 25.5 Å². The molecule has 0 radical (unpaired) electrons. The van der Waals surface area contributed by atoms with Gasteiger partial charge in [-0.15, -0.1) is 22.7 Å². The molecule has 0 spiro atoms. The van der Waals surface area contributed by atoms with Crippen LogP contribution in [0.3, 0.4) is 0 Å². The van der Waals surface area contributed by atoms with Gasteiger partial charge in [0.2, 0.25) is 4.21 Å². The summed E-state index contributed by atoms with van der Waals surface area (Å²) in [4.78, 5) is 14.7. The van der Waals surface area contributed by atoms with Crippen LogP contribution in [0.15, 0.2) is 115 Å². The van der Waals surface area contributed by atoms with Crippen LogP contribution in [-0.2, 0) is 21.0 Å². The molecule has 0 fully saturated rings. The number of hydrogen-bond acceptors (Lipinski definition) is 10. The highest BCUT2D eigenvalue weighted by molar-refractivity contribution is 8.27. The first-order valence-corrected chi connectivity index (χ1v) is 23.7. The van der Waals surface area contributed by atoms with E-state index in [9.17, 15) is 13.0 Å². The Morgan fingerprint density at radius 3 is 2.21 bits per heavy atom. The largest absolute Gasteiger partial charge is 0.611 e. The van der Waals surface area contributed by atoms with Gasteiger partial charge in [0, 0.05) is 15.7 Å². The highest BCUT2D eigenvalue weighted by atomic mass is 32.2. The monoisotopic (exact) mass is 798 g/mol. The van der Waals surface area contributed by atoms with Crippen molar-refractivity contribution < 1.29 is 13.0 Å². The zero-order valence-corrected chi connectivity index (χ0v) is 33.2. The normalized spacial score (nSPS) is 15.8. The van der Waals surface area contributed by atoms with Crippen molar-refractivity contribution in [1.82, 2.24) is 9.97 Å². The van der Waals surface area contributed by atoms with E-state index in [-0.39, 0.29) is 15.6 Å². The highest BCUT2D eigenvalue weighted by Crippen LogP contribution is 2.55. The molecule has 0 bridgehead atoms. The van der Waals surface area contributed by atoms with E-state index >= 15 is 0 Å². The summed E-state index contributed by atoms with van der Waals surface area (Å²) < 4.78 is 40.2. The van der Waals surface area contributed by atoms with E-state index in [1.54, 1.807) is 17.6 Å². The summed E-state index contributed by atoms with van der Waals surface area (Å²) in [6.45, 7) is 1.98. The van der Waals surface area contributed by atoms with Crippen molar-refractivity contribution in [2.75, 3.05) is 23.5 Å². The van der Waals surface area contributed by atoms with E-state index in [1.165, 1.54) is 11.3 Å². The number of rotatable bonds is 10. The van der Waals surface area contributed by atoms with Crippen molar-refractivity contribution in [1.29, 1.82) is 0 Å². The second kappa shape index (κ2) is 14.1. The second-order valence-electron chi connectivity index (χ2n) is 12.4. The molecule has 52 heavy (non-hydrogen) atoms. The average molecular weight is 799 g/mol. The van der Waals surface area contributed by atoms with Crippen molar-refractivity contribution in [3.05, 3.63) is 107 Å². The van der Waals surface area contributed by atoms with Gasteiger partial charge in [-0.05, 0) is 91.9 Å². The molecule has 1 aliphatic rings. The van der Waals surface area contributed by atoms with E-state index in [0.29, 0.717) is 26.5 Å². The Bertz CT molecular complexity index is 2630. The Balaban J connectivity index is 1.20. The number of pyridine rings is 2. The molecule has 4 N–H and O–H groups in total.